The number of hydrogen-bond acceptors (Lipinski definition) is 4. The first-order valence-electron chi connectivity index (χ1n) is 9.50. The van der Waals surface area contributed by atoms with Crippen LogP contribution in [0.1, 0.15) is 54.1 Å². The van der Waals surface area contributed by atoms with E-state index in [9.17, 15) is 23.1 Å². The molecule has 0 bridgehead atoms. The molecule has 4 rings (SSSR count). The van der Waals surface area contributed by atoms with E-state index in [1.165, 1.54) is 4.90 Å². The first-order chi connectivity index (χ1) is 12.8. The maximum Gasteiger partial charge on any atom is 0.414 e. The third-order valence-corrected chi connectivity index (χ3v) is 5.57. The second-order valence-corrected chi connectivity index (χ2v) is 7.91. The molecular formula is C19H23F3N2O3. The highest BCUT2D eigenvalue weighted by molar-refractivity contribution is 5.92. The molecule has 1 saturated heterocycles. The normalized spacial score (nSPS) is 24.1. The number of nitrogens with zero attached hydrogens (tertiary/aromatic N) is 2. The Balaban J connectivity index is 1.46. The van der Waals surface area contributed by atoms with E-state index in [0.29, 0.717) is 24.3 Å². The van der Waals surface area contributed by atoms with E-state index >= 15 is 0 Å². The molecule has 2 atom stereocenters. The number of amides is 1. The molecule has 1 aliphatic heterocycles. The molecular weight excluding hydrogens is 361 g/mol. The lowest BCUT2D eigenvalue weighted by atomic mass is 10.0. The third kappa shape index (κ3) is 4.20. The van der Waals surface area contributed by atoms with Crippen molar-refractivity contribution in [2.45, 2.75) is 50.3 Å². The van der Waals surface area contributed by atoms with Gasteiger partial charge in [0.25, 0.3) is 5.91 Å². The van der Waals surface area contributed by atoms with E-state index in [2.05, 4.69) is 4.98 Å². The molecule has 1 amide bonds. The van der Waals surface area contributed by atoms with Gasteiger partial charge < -0.3 is 14.7 Å². The summed E-state index contributed by atoms with van der Waals surface area (Å²) in [7, 11) is 0. The second-order valence-electron chi connectivity index (χ2n) is 7.91. The highest BCUT2D eigenvalue weighted by Crippen LogP contribution is 2.44. The minimum absolute atomic E-state index is 0.121. The lowest BCUT2D eigenvalue weighted by Gasteiger charge is -2.21. The summed E-state index contributed by atoms with van der Waals surface area (Å²) in [6.07, 6.45) is -2.49. The molecule has 148 valence electrons. The molecule has 2 heterocycles. The summed E-state index contributed by atoms with van der Waals surface area (Å²) in [5, 5.41) is 9.43. The Bertz CT molecular complexity index is 717. The van der Waals surface area contributed by atoms with Crippen molar-refractivity contribution in [1.82, 2.24) is 9.88 Å². The van der Waals surface area contributed by atoms with Crippen LogP contribution >= 0.6 is 0 Å². The molecule has 1 aromatic rings. The number of aliphatic hydroxyl groups is 1. The Morgan fingerprint density at radius 2 is 2.00 bits per heavy atom. The predicted molar refractivity (Wildman–Crippen MR) is 90.5 cm³/mol. The van der Waals surface area contributed by atoms with E-state index in [4.69, 9.17) is 4.74 Å². The first-order valence-corrected chi connectivity index (χ1v) is 9.50. The Hall–Kier alpha value is -1.83. The fraction of sp³-hybridized carbons (Fsp3) is 0.684. The van der Waals surface area contributed by atoms with Gasteiger partial charge in [-0.2, -0.15) is 13.2 Å². The molecule has 2 saturated carbocycles. The maximum absolute atomic E-state index is 12.7. The van der Waals surface area contributed by atoms with Crippen LogP contribution in [0.3, 0.4) is 0 Å². The zero-order valence-corrected chi connectivity index (χ0v) is 14.9. The van der Waals surface area contributed by atoms with Gasteiger partial charge in [0.2, 0.25) is 5.88 Å². The largest absolute Gasteiger partial charge is 0.477 e. The summed E-state index contributed by atoms with van der Waals surface area (Å²) in [6.45, 7) is 0.652. The van der Waals surface area contributed by atoms with Gasteiger partial charge in [-0.25, -0.2) is 4.98 Å². The van der Waals surface area contributed by atoms with Gasteiger partial charge in [-0.15, -0.1) is 0 Å². The first kappa shape index (κ1) is 18.5. The van der Waals surface area contributed by atoms with Crippen LogP contribution in [0.4, 0.5) is 13.2 Å². The molecule has 0 aromatic carbocycles. The highest BCUT2D eigenvalue weighted by atomic mass is 19.4. The Kier molecular flexibility index (Phi) is 4.78. The molecule has 8 heteroatoms. The van der Waals surface area contributed by atoms with Crippen molar-refractivity contribution in [2.75, 3.05) is 19.7 Å². The second kappa shape index (κ2) is 6.96. The van der Waals surface area contributed by atoms with Crippen LogP contribution in [0.2, 0.25) is 0 Å². The molecule has 5 nitrogen and oxygen atoms in total. The molecule has 0 radical (unpaired) electrons. The van der Waals surface area contributed by atoms with Crippen molar-refractivity contribution in [1.29, 1.82) is 0 Å². The zero-order valence-electron chi connectivity index (χ0n) is 14.9. The van der Waals surface area contributed by atoms with Crippen LogP contribution < -0.4 is 4.74 Å². The van der Waals surface area contributed by atoms with Gasteiger partial charge in [-0.3, -0.25) is 4.79 Å². The molecule has 0 spiro atoms. The van der Waals surface area contributed by atoms with E-state index in [-0.39, 0.29) is 25.2 Å². The summed E-state index contributed by atoms with van der Waals surface area (Å²) in [4.78, 5) is 18.4. The minimum Gasteiger partial charge on any atom is -0.477 e. The van der Waals surface area contributed by atoms with Crippen LogP contribution in [0.15, 0.2) is 12.1 Å². The fourth-order valence-electron chi connectivity index (χ4n) is 3.53. The van der Waals surface area contributed by atoms with Gasteiger partial charge >= 0.3 is 6.18 Å². The fourth-order valence-corrected chi connectivity index (χ4v) is 3.53. The zero-order chi connectivity index (χ0) is 19.2. The lowest BCUT2D eigenvalue weighted by Crippen LogP contribution is -2.38. The average molecular weight is 384 g/mol. The van der Waals surface area contributed by atoms with Crippen LogP contribution in [0, 0.1) is 11.8 Å². The van der Waals surface area contributed by atoms with Crippen molar-refractivity contribution in [3.05, 3.63) is 23.4 Å². The SMILES string of the molecule is O=C(c1ccc(C2CC2)c(OCC2CC2)n1)N1CCC(C(O)C(F)(F)F)C1. The number of hydrogen-bond donors (Lipinski definition) is 1. The Labute approximate surface area is 155 Å². The number of rotatable bonds is 6. The Morgan fingerprint density at radius 3 is 2.63 bits per heavy atom. The van der Waals surface area contributed by atoms with E-state index in [1.54, 1.807) is 6.07 Å². The molecule has 2 unspecified atom stereocenters. The Morgan fingerprint density at radius 1 is 1.26 bits per heavy atom. The number of aromatic nitrogens is 1. The summed E-state index contributed by atoms with van der Waals surface area (Å²) in [6, 6.07) is 3.49. The molecule has 1 aromatic heterocycles. The van der Waals surface area contributed by atoms with Crippen molar-refractivity contribution in [3.63, 3.8) is 0 Å². The van der Waals surface area contributed by atoms with E-state index in [0.717, 1.165) is 31.2 Å². The number of alkyl halides is 3. The van der Waals surface area contributed by atoms with Crippen LogP contribution in [0.5, 0.6) is 5.88 Å². The summed E-state index contributed by atoms with van der Waals surface area (Å²) >= 11 is 0. The van der Waals surface area contributed by atoms with E-state index in [1.807, 2.05) is 6.07 Å². The smallest absolute Gasteiger partial charge is 0.414 e. The number of pyridine rings is 1. The van der Waals surface area contributed by atoms with Crippen molar-refractivity contribution in [3.8, 4) is 5.88 Å². The van der Waals surface area contributed by atoms with Gasteiger partial charge in [0.1, 0.15) is 5.69 Å². The quantitative estimate of drug-likeness (QED) is 0.819. The van der Waals surface area contributed by atoms with Crippen LogP contribution in [0.25, 0.3) is 0 Å². The molecule has 2 aliphatic carbocycles. The number of halogens is 3. The van der Waals surface area contributed by atoms with Crippen molar-refractivity contribution in [2.24, 2.45) is 11.8 Å². The number of carbonyl (C=O) groups is 1. The van der Waals surface area contributed by atoms with Gasteiger partial charge in [0, 0.05) is 24.6 Å². The third-order valence-electron chi connectivity index (χ3n) is 5.57. The van der Waals surface area contributed by atoms with Crippen LogP contribution in [-0.4, -0.2) is 52.9 Å². The van der Waals surface area contributed by atoms with Crippen molar-refractivity contribution < 1.29 is 27.8 Å². The van der Waals surface area contributed by atoms with Crippen molar-refractivity contribution >= 4 is 5.91 Å². The standard InChI is InChI=1S/C19H23F3N2O3/c20-19(21,22)16(25)13-7-8-24(9-13)18(26)15-6-5-14(12-3-4-12)17(23-15)27-10-11-1-2-11/h5-6,11-13,16,25H,1-4,7-10H2. The molecule has 27 heavy (non-hydrogen) atoms. The molecule has 3 aliphatic rings. The van der Waals surface area contributed by atoms with Gasteiger partial charge in [-0.05, 0) is 50.0 Å². The topological polar surface area (TPSA) is 62.7 Å². The average Bonchev–Trinajstić information content (AvgIpc) is 3.56. The van der Waals surface area contributed by atoms with Crippen LogP contribution in [-0.2, 0) is 0 Å². The highest BCUT2D eigenvalue weighted by Gasteiger charge is 2.46. The summed E-state index contributed by atoms with van der Waals surface area (Å²) < 4.78 is 44.0. The maximum atomic E-state index is 12.7. The number of carbonyl (C=O) groups excluding carboxylic acids is 1. The monoisotopic (exact) mass is 384 g/mol. The van der Waals surface area contributed by atoms with Gasteiger partial charge in [-0.1, -0.05) is 6.07 Å². The lowest BCUT2D eigenvalue weighted by molar-refractivity contribution is -0.217. The minimum atomic E-state index is -4.67. The predicted octanol–water partition coefficient (Wildman–Crippen LogP) is 3.13. The molecule has 1 N–H and O–H groups in total. The van der Waals surface area contributed by atoms with E-state index < -0.39 is 24.1 Å². The van der Waals surface area contributed by atoms with Gasteiger partial charge in [0.05, 0.1) is 6.61 Å². The number of likely N-dealkylation sites (tertiary alicyclic amines) is 1. The summed E-state index contributed by atoms with van der Waals surface area (Å²) in [5.74, 6) is 0.0625. The number of ether oxygens (including phenoxy) is 1. The summed E-state index contributed by atoms with van der Waals surface area (Å²) in [5.41, 5.74) is 1.20. The van der Waals surface area contributed by atoms with Gasteiger partial charge in [0.15, 0.2) is 6.10 Å². The molecule has 3 fully saturated rings. The number of aliphatic hydroxyl groups excluding tert-OH is 1.